The van der Waals surface area contributed by atoms with Crippen molar-refractivity contribution in [2.45, 2.75) is 63.4 Å². The summed E-state index contributed by atoms with van der Waals surface area (Å²) in [6.45, 7) is 0.885. The summed E-state index contributed by atoms with van der Waals surface area (Å²) >= 11 is 0. The van der Waals surface area contributed by atoms with Crippen molar-refractivity contribution < 1.29 is 34.8 Å². The molecule has 6 N–H and O–H groups in total. The molecule has 0 unspecified atom stereocenters. The molecule has 134 valence electrons. The zero-order chi connectivity index (χ0) is 17.9. The first-order valence-electron chi connectivity index (χ1n) is 7.80. The number of hydrogen-bond donors (Lipinski definition) is 5. The van der Waals surface area contributed by atoms with Crippen LogP contribution in [0.1, 0.15) is 57.8 Å². The lowest BCUT2D eigenvalue weighted by Gasteiger charge is -2.20. The standard InChI is InChI=1S/C9H19N.C6H8O7/c10-8-4-7-9-5-2-1-3-6-9;7-3(8)1-6(13,5(11)12)2-4(9)10/h9H,1-8,10H2;13H,1-2H2,(H,7,8)(H,9,10)(H,11,12). The summed E-state index contributed by atoms with van der Waals surface area (Å²) in [6, 6.07) is 0. The van der Waals surface area contributed by atoms with Crippen LogP contribution < -0.4 is 5.73 Å². The Morgan fingerprint density at radius 2 is 1.43 bits per heavy atom. The first-order valence-corrected chi connectivity index (χ1v) is 7.80. The first kappa shape index (κ1) is 21.3. The molecule has 0 atom stereocenters. The fraction of sp³-hybridized carbons (Fsp3) is 0.800. The van der Waals surface area contributed by atoms with E-state index in [0.29, 0.717) is 0 Å². The molecule has 0 aliphatic heterocycles. The van der Waals surface area contributed by atoms with Gasteiger partial charge in [-0.15, -0.1) is 0 Å². The summed E-state index contributed by atoms with van der Waals surface area (Å²) in [5.74, 6) is -3.99. The van der Waals surface area contributed by atoms with Gasteiger partial charge in [0.05, 0.1) is 12.8 Å². The highest BCUT2D eigenvalue weighted by atomic mass is 16.4. The van der Waals surface area contributed by atoms with Gasteiger partial charge in [-0.05, 0) is 25.3 Å². The van der Waals surface area contributed by atoms with Crippen molar-refractivity contribution in [3.8, 4) is 0 Å². The van der Waals surface area contributed by atoms with Crippen LogP contribution in [0.4, 0.5) is 0 Å². The summed E-state index contributed by atoms with van der Waals surface area (Å²) in [6.07, 6.45) is 7.69. The van der Waals surface area contributed by atoms with E-state index < -0.39 is 36.4 Å². The lowest BCUT2D eigenvalue weighted by molar-refractivity contribution is -0.170. The van der Waals surface area contributed by atoms with Gasteiger partial charge in [-0.3, -0.25) is 9.59 Å². The number of carbonyl (C=O) groups is 3. The third kappa shape index (κ3) is 9.85. The Labute approximate surface area is 135 Å². The van der Waals surface area contributed by atoms with Crippen LogP contribution in [0.15, 0.2) is 0 Å². The van der Waals surface area contributed by atoms with Crippen LogP contribution in [0.25, 0.3) is 0 Å². The van der Waals surface area contributed by atoms with Crippen LogP contribution in [-0.2, 0) is 14.4 Å². The van der Waals surface area contributed by atoms with Gasteiger partial charge in [0.1, 0.15) is 0 Å². The predicted octanol–water partition coefficient (Wildman–Crippen LogP) is 1.06. The Morgan fingerprint density at radius 3 is 1.78 bits per heavy atom. The molecular weight excluding hydrogens is 306 g/mol. The predicted molar refractivity (Wildman–Crippen MR) is 82.0 cm³/mol. The largest absolute Gasteiger partial charge is 0.481 e. The Bertz CT molecular complexity index is 375. The van der Waals surface area contributed by atoms with Crippen molar-refractivity contribution in [2.75, 3.05) is 6.54 Å². The van der Waals surface area contributed by atoms with E-state index >= 15 is 0 Å². The minimum absolute atomic E-state index is 0.885. The molecule has 8 heteroatoms. The molecule has 0 saturated heterocycles. The number of hydrogen-bond acceptors (Lipinski definition) is 5. The lowest BCUT2D eigenvalue weighted by Crippen LogP contribution is -2.42. The van der Waals surface area contributed by atoms with Gasteiger partial charge in [-0.25, -0.2) is 4.79 Å². The maximum absolute atomic E-state index is 10.3. The van der Waals surface area contributed by atoms with E-state index in [1.807, 2.05) is 0 Å². The molecule has 0 aromatic rings. The van der Waals surface area contributed by atoms with Crippen LogP contribution in [-0.4, -0.2) is 50.5 Å². The topological polar surface area (TPSA) is 158 Å². The van der Waals surface area contributed by atoms with Crippen molar-refractivity contribution in [3.05, 3.63) is 0 Å². The molecule has 0 aromatic heterocycles. The highest BCUT2D eigenvalue weighted by Crippen LogP contribution is 2.26. The van der Waals surface area contributed by atoms with Crippen LogP contribution in [0, 0.1) is 5.92 Å². The summed E-state index contributed by atoms with van der Waals surface area (Å²) in [5.41, 5.74) is 2.71. The van der Waals surface area contributed by atoms with E-state index in [2.05, 4.69) is 0 Å². The molecule has 8 nitrogen and oxygen atoms in total. The number of aliphatic carboxylic acids is 3. The van der Waals surface area contributed by atoms with Gasteiger partial charge >= 0.3 is 17.9 Å². The van der Waals surface area contributed by atoms with Gasteiger partial charge in [-0.1, -0.05) is 32.1 Å². The van der Waals surface area contributed by atoms with E-state index in [9.17, 15) is 14.4 Å². The second kappa shape index (κ2) is 11.0. The quantitative estimate of drug-likeness (QED) is 0.441. The summed E-state index contributed by atoms with van der Waals surface area (Å²) in [4.78, 5) is 30.5. The van der Waals surface area contributed by atoms with Gasteiger partial charge in [-0.2, -0.15) is 0 Å². The van der Waals surface area contributed by atoms with Crippen LogP contribution in [0.5, 0.6) is 0 Å². The minimum Gasteiger partial charge on any atom is -0.481 e. The number of carboxylic acid groups (broad SMARTS) is 3. The van der Waals surface area contributed by atoms with E-state index in [-0.39, 0.29) is 0 Å². The smallest absolute Gasteiger partial charge is 0.336 e. The summed E-state index contributed by atoms with van der Waals surface area (Å²) in [5, 5.41) is 33.8. The van der Waals surface area contributed by atoms with Crippen LogP contribution in [0.3, 0.4) is 0 Å². The Morgan fingerprint density at radius 1 is 0.957 bits per heavy atom. The van der Waals surface area contributed by atoms with Crippen molar-refractivity contribution in [3.63, 3.8) is 0 Å². The fourth-order valence-corrected chi connectivity index (χ4v) is 2.60. The van der Waals surface area contributed by atoms with E-state index in [0.717, 1.165) is 12.5 Å². The molecule has 0 heterocycles. The monoisotopic (exact) mass is 333 g/mol. The molecule has 0 amide bonds. The maximum Gasteiger partial charge on any atom is 0.336 e. The van der Waals surface area contributed by atoms with Gasteiger partial charge in [0.15, 0.2) is 5.60 Å². The summed E-state index contributed by atoms with van der Waals surface area (Å²) < 4.78 is 0. The maximum atomic E-state index is 10.3. The van der Waals surface area contributed by atoms with Gasteiger partial charge < -0.3 is 26.2 Å². The second-order valence-corrected chi connectivity index (χ2v) is 5.91. The normalized spacial score (nSPS) is 15.4. The molecule has 1 rings (SSSR count). The molecule has 0 aromatic carbocycles. The molecular formula is C15H27NO7. The number of rotatable bonds is 8. The molecule has 0 spiro atoms. The molecule has 1 aliphatic carbocycles. The Hall–Kier alpha value is -1.67. The number of carboxylic acids is 3. The van der Waals surface area contributed by atoms with E-state index in [1.165, 1.54) is 44.9 Å². The molecule has 1 saturated carbocycles. The van der Waals surface area contributed by atoms with Crippen molar-refractivity contribution in [1.29, 1.82) is 0 Å². The average Bonchev–Trinajstić information content (AvgIpc) is 2.45. The van der Waals surface area contributed by atoms with Gasteiger partial charge in [0.25, 0.3) is 0 Å². The number of aliphatic hydroxyl groups is 1. The highest BCUT2D eigenvalue weighted by molar-refractivity contribution is 5.88. The zero-order valence-corrected chi connectivity index (χ0v) is 13.2. The molecule has 0 bridgehead atoms. The Balaban J connectivity index is 0.000000433. The molecule has 23 heavy (non-hydrogen) atoms. The molecule has 1 aliphatic rings. The van der Waals surface area contributed by atoms with Crippen molar-refractivity contribution in [2.24, 2.45) is 11.7 Å². The average molecular weight is 333 g/mol. The fourth-order valence-electron chi connectivity index (χ4n) is 2.60. The van der Waals surface area contributed by atoms with Gasteiger partial charge in [0, 0.05) is 0 Å². The second-order valence-electron chi connectivity index (χ2n) is 5.91. The minimum atomic E-state index is -2.74. The van der Waals surface area contributed by atoms with Crippen molar-refractivity contribution in [1.82, 2.24) is 0 Å². The van der Waals surface area contributed by atoms with Gasteiger partial charge in [0.2, 0.25) is 0 Å². The molecule has 1 fully saturated rings. The summed E-state index contributed by atoms with van der Waals surface area (Å²) in [7, 11) is 0. The third-order valence-electron chi connectivity index (χ3n) is 3.83. The van der Waals surface area contributed by atoms with Crippen LogP contribution in [0.2, 0.25) is 0 Å². The third-order valence-corrected chi connectivity index (χ3v) is 3.83. The highest BCUT2D eigenvalue weighted by Gasteiger charge is 2.40. The van der Waals surface area contributed by atoms with Crippen LogP contribution >= 0.6 is 0 Å². The molecule has 0 radical (unpaired) electrons. The van der Waals surface area contributed by atoms with E-state index in [1.54, 1.807) is 0 Å². The lowest BCUT2D eigenvalue weighted by atomic mass is 9.86. The zero-order valence-electron chi connectivity index (χ0n) is 13.2. The van der Waals surface area contributed by atoms with E-state index in [4.69, 9.17) is 26.2 Å². The Kier molecular flexibility index (Phi) is 10.2. The number of nitrogens with two attached hydrogens (primary N) is 1. The van der Waals surface area contributed by atoms with Crippen molar-refractivity contribution >= 4 is 17.9 Å². The SMILES string of the molecule is NCCCC1CCCCC1.O=C(O)CC(O)(CC(=O)O)C(=O)O. The first-order chi connectivity index (χ1) is 10.7.